The van der Waals surface area contributed by atoms with Crippen molar-refractivity contribution in [2.45, 2.75) is 32.8 Å². The Morgan fingerprint density at radius 2 is 1.83 bits per heavy atom. The Hall–Kier alpha value is -2.20. The zero-order valence-corrected chi connectivity index (χ0v) is 15.0. The van der Waals surface area contributed by atoms with Crippen LogP contribution in [0.2, 0.25) is 0 Å². The van der Waals surface area contributed by atoms with E-state index in [9.17, 15) is 4.79 Å². The molecular weight excluding hydrogens is 300 g/mol. The van der Waals surface area contributed by atoms with Crippen molar-refractivity contribution in [1.29, 1.82) is 0 Å². The fraction of sp³-hybridized carbons (Fsp3) is 0.400. The summed E-state index contributed by atoms with van der Waals surface area (Å²) in [4.78, 5) is 17.0. The van der Waals surface area contributed by atoms with Gasteiger partial charge in [-0.25, -0.2) is 0 Å². The summed E-state index contributed by atoms with van der Waals surface area (Å²) in [6, 6.07) is 14.6. The molecule has 2 aromatic carbocycles. The first kappa shape index (κ1) is 18.1. The minimum atomic E-state index is 0.0417. The topological polar surface area (TPSA) is 41.9 Å². The van der Waals surface area contributed by atoms with Crippen LogP contribution in [-0.4, -0.2) is 42.9 Å². The molecule has 0 unspecified atom stereocenters. The number of ether oxygens (including phenoxy) is 1. The van der Waals surface area contributed by atoms with Gasteiger partial charge in [-0.3, -0.25) is 9.79 Å². The lowest BCUT2D eigenvalue weighted by atomic mass is 10.0. The highest BCUT2D eigenvalue weighted by molar-refractivity contribution is 5.96. The van der Waals surface area contributed by atoms with Crippen molar-refractivity contribution >= 4 is 23.0 Å². The maximum Gasteiger partial charge on any atom is 0.215 e. The van der Waals surface area contributed by atoms with Gasteiger partial charge in [0.25, 0.3) is 0 Å². The second-order valence-corrected chi connectivity index (χ2v) is 6.73. The number of fused-ring (bicyclic) bond motifs is 1. The molecule has 1 amide bonds. The highest BCUT2D eigenvalue weighted by atomic mass is 16.5. The Morgan fingerprint density at radius 3 is 2.50 bits per heavy atom. The third kappa shape index (κ3) is 4.90. The number of methoxy groups -OCH3 is 1. The van der Waals surface area contributed by atoms with Crippen LogP contribution in [0.3, 0.4) is 0 Å². The normalized spacial score (nSPS) is 14.2. The third-order valence-electron chi connectivity index (χ3n) is 3.93. The molecular formula is C20H26N2O2. The standard InChI is InChI=1S/C15H14N2O.C5H12O/c18-11-17-9-8-16-15(17)10-13-6-3-5-12-4-1-2-7-14(12)13;1-5(2,3)6-4/h1-7,11H,8-10H2;1-4H3. The van der Waals surface area contributed by atoms with Gasteiger partial charge in [0.05, 0.1) is 12.1 Å². The van der Waals surface area contributed by atoms with Gasteiger partial charge in [-0.05, 0) is 37.1 Å². The van der Waals surface area contributed by atoms with Crippen LogP contribution in [0.5, 0.6) is 0 Å². The molecule has 24 heavy (non-hydrogen) atoms. The van der Waals surface area contributed by atoms with Crippen molar-refractivity contribution in [2.24, 2.45) is 4.99 Å². The molecule has 0 aliphatic carbocycles. The Bertz CT molecular complexity index is 712. The fourth-order valence-electron chi connectivity index (χ4n) is 2.39. The molecule has 2 aromatic rings. The van der Waals surface area contributed by atoms with E-state index in [1.54, 1.807) is 12.0 Å². The van der Waals surface area contributed by atoms with E-state index in [4.69, 9.17) is 4.74 Å². The van der Waals surface area contributed by atoms with Gasteiger partial charge in [0.15, 0.2) is 0 Å². The molecule has 0 atom stereocenters. The molecule has 1 heterocycles. The molecule has 4 heteroatoms. The minimum Gasteiger partial charge on any atom is -0.379 e. The molecule has 0 saturated carbocycles. The molecule has 0 aromatic heterocycles. The van der Waals surface area contributed by atoms with E-state index in [2.05, 4.69) is 35.3 Å². The number of amidine groups is 1. The van der Waals surface area contributed by atoms with Gasteiger partial charge < -0.3 is 9.64 Å². The Labute approximate surface area is 144 Å². The summed E-state index contributed by atoms with van der Waals surface area (Å²) in [7, 11) is 1.71. The van der Waals surface area contributed by atoms with Gasteiger partial charge in [0.2, 0.25) is 6.41 Å². The number of nitrogens with zero attached hydrogens (tertiary/aromatic N) is 2. The van der Waals surface area contributed by atoms with Gasteiger partial charge in [0.1, 0.15) is 5.84 Å². The highest BCUT2D eigenvalue weighted by Gasteiger charge is 2.16. The van der Waals surface area contributed by atoms with Gasteiger partial charge in [-0.15, -0.1) is 0 Å². The number of benzene rings is 2. The molecule has 0 bridgehead atoms. The summed E-state index contributed by atoms with van der Waals surface area (Å²) in [5, 5.41) is 2.46. The van der Waals surface area contributed by atoms with Crippen LogP contribution in [0.15, 0.2) is 47.5 Å². The van der Waals surface area contributed by atoms with Gasteiger partial charge in [0, 0.05) is 20.1 Å². The molecule has 3 rings (SSSR count). The molecule has 1 aliphatic rings. The van der Waals surface area contributed by atoms with E-state index >= 15 is 0 Å². The van der Waals surface area contributed by atoms with Gasteiger partial charge in [-0.1, -0.05) is 42.5 Å². The first-order valence-corrected chi connectivity index (χ1v) is 8.21. The summed E-state index contributed by atoms with van der Waals surface area (Å²) >= 11 is 0. The maximum absolute atomic E-state index is 10.9. The smallest absolute Gasteiger partial charge is 0.215 e. The number of hydrogen-bond donors (Lipinski definition) is 0. The van der Waals surface area contributed by atoms with Crippen molar-refractivity contribution in [3.8, 4) is 0 Å². The third-order valence-corrected chi connectivity index (χ3v) is 3.93. The van der Waals surface area contributed by atoms with E-state index in [0.29, 0.717) is 6.54 Å². The predicted molar refractivity (Wildman–Crippen MR) is 99.5 cm³/mol. The quantitative estimate of drug-likeness (QED) is 0.807. The number of carbonyl (C=O) groups excluding carboxylic acids is 1. The molecule has 0 saturated heterocycles. The van der Waals surface area contributed by atoms with E-state index in [-0.39, 0.29) is 5.60 Å². The number of hydrogen-bond acceptors (Lipinski definition) is 3. The summed E-state index contributed by atoms with van der Waals surface area (Å²) in [6.07, 6.45) is 1.59. The van der Waals surface area contributed by atoms with E-state index in [1.807, 2.05) is 32.9 Å². The molecule has 0 spiro atoms. The largest absolute Gasteiger partial charge is 0.379 e. The Kier molecular flexibility index (Phi) is 6.10. The van der Waals surface area contributed by atoms with Crippen molar-refractivity contribution in [2.75, 3.05) is 20.2 Å². The molecule has 0 radical (unpaired) electrons. The van der Waals surface area contributed by atoms with Gasteiger partial charge >= 0.3 is 0 Å². The summed E-state index contributed by atoms with van der Waals surface area (Å²) in [6.45, 7) is 7.50. The van der Waals surface area contributed by atoms with E-state index in [1.165, 1.54) is 16.3 Å². The van der Waals surface area contributed by atoms with Crippen LogP contribution in [0.25, 0.3) is 10.8 Å². The zero-order valence-electron chi connectivity index (χ0n) is 15.0. The fourth-order valence-corrected chi connectivity index (χ4v) is 2.39. The predicted octanol–water partition coefficient (Wildman–Crippen LogP) is 3.68. The van der Waals surface area contributed by atoms with Crippen molar-refractivity contribution in [3.63, 3.8) is 0 Å². The van der Waals surface area contributed by atoms with Crippen molar-refractivity contribution < 1.29 is 9.53 Å². The lowest BCUT2D eigenvalue weighted by Crippen LogP contribution is -2.27. The summed E-state index contributed by atoms with van der Waals surface area (Å²) in [5.41, 5.74) is 1.26. The lowest BCUT2D eigenvalue weighted by Gasteiger charge is -2.14. The van der Waals surface area contributed by atoms with Crippen LogP contribution in [0.1, 0.15) is 26.3 Å². The van der Waals surface area contributed by atoms with Crippen LogP contribution in [0.4, 0.5) is 0 Å². The average molecular weight is 326 g/mol. The van der Waals surface area contributed by atoms with E-state index in [0.717, 1.165) is 25.2 Å². The number of carbonyl (C=O) groups is 1. The van der Waals surface area contributed by atoms with Crippen molar-refractivity contribution in [3.05, 3.63) is 48.0 Å². The molecule has 128 valence electrons. The molecule has 0 N–H and O–H groups in total. The highest BCUT2D eigenvalue weighted by Crippen LogP contribution is 2.20. The number of amides is 1. The maximum atomic E-state index is 10.9. The summed E-state index contributed by atoms with van der Waals surface area (Å²) < 4.78 is 4.94. The Morgan fingerprint density at radius 1 is 1.17 bits per heavy atom. The lowest BCUT2D eigenvalue weighted by molar-refractivity contribution is -0.114. The second kappa shape index (κ2) is 8.06. The first-order valence-electron chi connectivity index (χ1n) is 8.21. The first-order chi connectivity index (χ1) is 11.4. The van der Waals surface area contributed by atoms with Crippen LogP contribution in [0, 0.1) is 0 Å². The molecule has 4 nitrogen and oxygen atoms in total. The number of aliphatic imine (C=N–C) groups is 1. The van der Waals surface area contributed by atoms with E-state index < -0.39 is 0 Å². The molecule has 1 aliphatic heterocycles. The summed E-state index contributed by atoms with van der Waals surface area (Å²) in [5.74, 6) is 0.876. The number of rotatable bonds is 3. The zero-order chi connectivity index (χ0) is 17.6. The molecule has 0 fully saturated rings. The van der Waals surface area contributed by atoms with Crippen LogP contribution in [-0.2, 0) is 16.0 Å². The second-order valence-electron chi connectivity index (χ2n) is 6.73. The SMILES string of the molecule is COC(C)(C)C.O=CN1CCN=C1Cc1cccc2ccccc12. The minimum absolute atomic E-state index is 0.0417. The van der Waals surface area contributed by atoms with Crippen molar-refractivity contribution in [1.82, 2.24) is 4.90 Å². The van der Waals surface area contributed by atoms with Crippen LogP contribution >= 0.6 is 0 Å². The monoisotopic (exact) mass is 326 g/mol. The van der Waals surface area contributed by atoms with Crippen LogP contribution < -0.4 is 0 Å². The average Bonchev–Trinajstić information content (AvgIpc) is 3.02. The Balaban J connectivity index is 0.000000301. The van der Waals surface area contributed by atoms with Gasteiger partial charge in [-0.2, -0.15) is 0 Å².